The summed E-state index contributed by atoms with van der Waals surface area (Å²) in [5.74, 6) is -2.32. The number of rotatable bonds is 5. The van der Waals surface area contributed by atoms with Crippen molar-refractivity contribution in [3.05, 3.63) is 130 Å². The molecule has 6 nitrogen and oxygen atoms in total. The Balaban J connectivity index is 1.49. The molecule has 1 heterocycles. The summed E-state index contributed by atoms with van der Waals surface area (Å²) in [6.45, 7) is 0. The minimum absolute atomic E-state index is 0.0371. The molecule has 256 valence electrons. The molecule has 1 aliphatic rings. The molecule has 0 bridgehead atoms. The second-order valence-corrected chi connectivity index (χ2v) is 17.2. The van der Waals surface area contributed by atoms with Gasteiger partial charge < -0.3 is 0 Å². The van der Waals surface area contributed by atoms with E-state index in [0.717, 1.165) is 37.5 Å². The van der Waals surface area contributed by atoms with Crippen LogP contribution in [-0.2, 0) is 0 Å². The van der Waals surface area contributed by atoms with Crippen molar-refractivity contribution < 1.29 is 51.8 Å². The van der Waals surface area contributed by atoms with Gasteiger partial charge >= 0.3 is 300 Å². The van der Waals surface area contributed by atoms with Gasteiger partial charge in [0, 0.05) is 0 Å². The fraction of sp³-hybridized carbons (Fsp3) is 0.0455. The first-order valence-corrected chi connectivity index (χ1v) is 20.4. The van der Waals surface area contributed by atoms with E-state index in [9.17, 15) is 30.6 Å². The summed E-state index contributed by atoms with van der Waals surface area (Å²) in [7, 11) is 0. The predicted molar refractivity (Wildman–Crippen MR) is 211 cm³/mol. The fourth-order valence-electron chi connectivity index (χ4n) is 7.53. The Morgan fingerprint density at radius 3 is 1.50 bits per heavy atom. The van der Waals surface area contributed by atoms with Crippen molar-refractivity contribution in [2.75, 3.05) is 4.43 Å². The summed E-state index contributed by atoms with van der Waals surface area (Å²) < 4.78 is 0.834. The SMILES string of the molecule is Oc1c(I)c(O)c2c(-c3ccc(-c4ccccc4)cc3)c3c(O)c(C4C[I-]4)c(O)c(O)c3c(-c3ccc(-c4ccccc4)c4ccccc34)c2c1O. The van der Waals surface area contributed by atoms with Gasteiger partial charge in [-0.15, -0.1) is 0 Å². The van der Waals surface area contributed by atoms with Crippen LogP contribution in [0.2, 0.25) is 0 Å². The van der Waals surface area contributed by atoms with Crippen LogP contribution in [0.4, 0.5) is 0 Å². The Morgan fingerprint density at radius 1 is 0.423 bits per heavy atom. The second kappa shape index (κ2) is 12.5. The van der Waals surface area contributed by atoms with E-state index in [4.69, 9.17) is 0 Å². The molecule has 1 saturated heterocycles. The topological polar surface area (TPSA) is 121 Å². The molecule has 0 spiro atoms. The molecular weight excluding hydrogens is 878 g/mol. The van der Waals surface area contributed by atoms with Gasteiger partial charge in [-0.05, 0) is 0 Å². The Kier molecular flexibility index (Phi) is 7.85. The number of hydrogen-bond donors (Lipinski definition) is 6. The van der Waals surface area contributed by atoms with Gasteiger partial charge in [-0.1, -0.05) is 24.3 Å². The van der Waals surface area contributed by atoms with Crippen LogP contribution in [0.1, 0.15) is 9.49 Å². The van der Waals surface area contributed by atoms with Gasteiger partial charge in [0.05, 0.1) is 0 Å². The van der Waals surface area contributed by atoms with Crippen molar-refractivity contribution in [3.8, 4) is 79.0 Å². The maximum absolute atomic E-state index is 12.3. The number of fused-ring (bicyclic) bond motifs is 3. The molecular formula is C44H29I2O6-. The molecule has 0 aliphatic carbocycles. The quantitative estimate of drug-likeness (QED) is 0.0345. The monoisotopic (exact) mass is 907 g/mol. The average molecular weight is 908 g/mol. The van der Waals surface area contributed by atoms with Gasteiger partial charge in [-0.25, -0.2) is 0 Å². The van der Waals surface area contributed by atoms with Crippen LogP contribution in [0.5, 0.6) is 34.5 Å². The standard InChI is InChI=1S/C44H29I2O6/c45-38-40(48)35-31(25-17-15-23(16-18-25)22-9-3-1-4-10-22)34-36(42(50)41(49)33(39(34)47)30-21-46-30)32(37(35)43(51)44(38)52)29-20-19-26(24-11-5-2-6-12-24)27-13-7-8-14-28(27)29/h1-20,30,47-52H,21H2/q-1. The minimum atomic E-state index is -0.519. The molecule has 6 N–H and O–H groups in total. The van der Waals surface area contributed by atoms with Gasteiger partial charge in [0.2, 0.25) is 0 Å². The van der Waals surface area contributed by atoms with Crippen LogP contribution >= 0.6 is 22.6 Å². The van der Waals surface area contributed by atoms with Crippen molar-refractivity contribution in [1.82, 2.24) is 0 Å². The molecule has 0 saturated carbocycles. The first-order chi connectivity index (χ1) is 25.3. The number of alkyl halides is 2. The van der Waals surface area contributed by atoms with Crippen molar-refractivity contribution >= 4 is 54.9 Å². The first-order valence-electron chi connectivity index (χ1n) is 16.6. The summed E-state index contributed by atoms with van der Waals surface area (Å²) in [5.41, 5.74) is 5.99. The van der Waals surface area contributed by atoms with Gasteiger partial charge in [-0.3, -0.25) is 0 Å². The first kappa shape index (κ1) is 32.7. The van der Waals surface area contributed by atoms with E-state index in [0.29, 0.717) is 22.3 Å². The Bertz CT molecular complexity index is 2740. The summed E-state index contributed by atoms with van der Waals surface area (Å²) in [5, 5.41) is 73.6. The van der Waals surface area contributed by atoms with Crippen LogP contribution in [-0.4, -0.2) is 35.1 Å². The van der Waals surface area contributed by atoms with Crippen LogP contribution in [0, 0.1) is 3.57 Å². The molecule has 1 aliphatic heterocycles. The zero-order chi connectivity index (χ0) is 35.8. The maximum atomic E-state index is 12.3. The zero-order valence-electron chi connectivity index (χ0n) is 27.3. The molecule has 1 unspecified atom stereocenters. The van der Waals surface area contributed by atoms with Crippen LogP contribution < -0.4 is 21.2 Å². The molecule has 8 aromatic rings. The average Bonchev–Trinajstić information content (AvgIpc) is 4.03. The van der Waals surface area contributed by atoms with Gasteiger partial charge in [0.1, 0.15) is 0 Å². The van der Waals surface area contributed by atoms with Crippen LogP contribution in [0.15, 0.2) is 121 Å². The Morgan fingerprint density at radius 2 is 0.885 bits per heavy atom. The number of halogens is 2. The van der Waals surface area contributed by atoms with Crippen molar-refractivity contribution in [3.63, 3.8) is 0 Å². The normalized spacial score (nSPS) is 14.1. The van der Waals surface area contributed by atoms with E-state index in [1.54, 1.807) is 0 Å². The van der Waals surface area contributed by atoms with Crippen molar-refractivity contribution in [1.29, 1.82) is 0 Å². The van der Waals surface area contributed by atoms with Gasteiger partial charge in [-0.2, -0.15) is 0 Å². The number of benzene rings is 8. The third-order valence-corrected chi connectivity index (χ3v) is 13.4. The second-order valence-electron chi connectivity index (χ2n) is 12.9. The van der Waals surface area contributed by atoms with Gasteiger partial charge in [0.25, 0.3) is 0 Å². The van der Waals surface area contributed by atoms with E-state index in [1.165, 1.54) is 0 Å². The van der Waals surface area contributed by atoms with Crippen LogP contribution in [0.25, 0.3) is 76.8 Å². The number of hydrogen-bond acceptors (Lipinski definition) is 6. The summed E-state index contributed by atoms with van der Waals surface area (Å²) in [4.78, 5) is 0. The summed E-state index contributed by atoms with van der Waals surface area (Å²) in [6, 6.07) is 39.1. The zero-order valence-corrected chi connectivity index (χ0v) is 31.6. The van der Waals surface area contributed by atoms with E-state index in [2.05, 4.69) is 0 Å². The third kappa shape index (κ3) is 4.95. The molecule has 9 rings (SSSR count). The predicted octanol–water partition coefficient (Wildman–Crippen LogP) is 7.80. The molecule has 1 fully saturated rings. The van der Waals surface area contributed by atoms with Crippen LogP contribution in [0.3, 0.4) is 0 Å². The third-order valence-electron chi connectivity index (χ3n) is 10.0. The van der Waals surface area contributed by atoms with E-state index in [1.807, 2.05) is 144 Å². The van der Waals surface area contributed by atoms with Crippen molar-refractivity contribution in [2.45, 2.75) is 3.92 Å². The Hall–Kier alpha value is -5.20. The number of phenolic OH excluding ortho intramolecular Hbond substituents is 6. The summed E-state index contributed by atoms with van der Waals surface area (Å²) in [6.07, 6.45) is 0. The molecule has 0 aromatic heterocycles. The molecule has 52 heavy (non-hydrogen) atoms. The van der Waals surface area contributed by atoms with Gasteiger partial charge in [0.15, 0.2) is 0 Å². The van der Waals surface area contributed by atoms with E-state index < -0.39 is 23.0 Å². The molecule has 0 radical (unpaired) electrons. The Labute approximate surface area is 322 Å². The summed E-state index contributed by atoms with van der Waals surface area (Å²) >= 11 is 1.49. The molecule has 8 heteroatoms. The molecule has 1 atom stereocenters. The number of aromatic hydroxyl groups is 6. The number of phenols is 6. The fourth-order valence-corrected chi connectivity index (χ4v) is 9.78. The molecule has 0 amide bonds. The van der Waals surface area contributed by atoms with E-state index >= 15 is 0 Å². The van der Waals surface area contributed by atoms with Crippen molar-refractivity contribution in [2.24, 2.45) is 0 Å². The van der Waals surface area contributed by atoms with E-state index in [-0.39, 0.29) is 67.3 Å². The molecule has 8 aromatic carbocycles.